The van der Waals surface area contributed by atoms with E-state index in [0.717, 1.165) is 18.9 Å². The van der Waals surface area contributed by atoms with Gasteiger partial charge in [0.05, 0.1) is 11.5 Å². The predicted octanol–water partition coefficient (Wildman–Crippen LogP) is 1.60. The minimum atomic E-state index is -0.453. The smallest absolute Gasteiger partial charge is 0.270 e. The number of benzene rings is 1. The molecule has 0 aliphatic rings. The summed E-state index contributed by atoms with van der Waals surface area (Å²) in [5.74, 6) is 0.967. The van der Waals surface area contributed by atoms with Crippen LogP contribution in [0, 0.1) is 10.1 Å². The van der Waals surface area contributed by atoms with Crippen LogP contribution in [0.2, 0.25) is 0 Å². The Morgan fingerprint density at radius 1 is 1.29 bits per heavy atom. The molecule has 130 valence electrons. The SMILES string of the molecule is CN(C)CCN(Cc1cc([N+](=O)[O-])ccc1O)Cc1nccn1C. The molecule has 1 heterocycles. The number of non-ortho nitro benzene ring substituents is 1. The van der Waals surface area contributed by atoms with Crippen molar-refractivity contribution in [2.75, 3.05) is 27.2 Å². The molecule has 0 unspecified atom stereocenters. The van der Waals surface area contributed by atoms with E-state index in [1.54, 1.807) is 6.20 Å². The second kappa shape index (κ2) is 7.89. The van der Waals surface area contributed by atoms with Gasteiger partial charge >= 0.3 is 0 Å². The van der Waals surface area contributed by atoms with Crippen molar-refractivity contribution in [1.82, 2.24) is 19.4 Å². The number of phenols is 1. The van der Waals surface area contributed by atoms with Gasteiger partial charge in [0.2, 0.25) is 0 Å². The maximum atomic E-state index is 11.0. The first kappa shape index (κ1) is 17.9. The van der Waals surface area contributed by atoms with E-state index < -0.39 is 4.92 Å². The summed E-state index contributed by atoms with van der Waals surface area (Å²) in [6, 6.07) is 4.11. The largest absolute Gasteiger partial charge is 0.508 e. The molecule has 0 spiro atoms. The zero-order valence-corrected chi connectivity index (χ0v) is 14.2. The molecule has 1 aromatic carbocycles. The molecule has 1 N–H and O–H groups in total. The van der Waals surface area contributed by atoms with Crippen molar-refractivity contribution in [3.8, 4) is 5.75 Å². The first-order chi connectivity index (χ1) is 11.4. The van der Waals surface area contributed by atoms with Crippen LogP contribution in [-0.4, -0.2) is 56.6 Å². The number of phenolic OH excluding ortho intramolecular Hbond substituents is 1. The number of hydrogen-bond acceptors (Lipinski definition) is 6. The lowest BCUT2D eigenvalue weighted by Crippen LogP contribution is -2.32. The number of nitro groups is 1. The highest BCUT2D eigenvalue weighted by Gasteiger charge is 2.15. The van der Waals surface area contributed by atoms with Gasteiger partial charge in [-0.05, 0) is 20.2 Å². The van der Waals surface area contributed by atoms with E-state index in [-0.39, 0.29) is 11.4 Å². The van der Waals surface area contributed by atoms with Gasteiger partial charge in [-0.2, -0.15) is 0 Å². The van der Waals surface area contributed by atoms with Gasteiger partial charge in [0.15, 0.2) is 0 Å². The van der Waals surface area contributed by atoms with Gasteiger partial charge < -0.3 is 14.6 Å². The Morgan fingerprint density at radius 2 is 2.04 bits per heavy atom. The van der Waals surface area contributed by atoms with Crippen molar-refractivity contribution in [2.45, 2.75) is 13.1 Å². The molecule has 0 fully saturated rings. The number of rotatable bonds is 8. The second-order valence-corrected chi connectivity index (χ2v) is 6.04. The van der Waals surface area contributed by atoms with E-state index in [0.29, 0.717) is 18.7 Å². The fourth-order valence-corrected chi connectivity index (χ4v) is 2.36. The third kappa shape index (κ3) is 4.77. The first-order valence-electron chi connectivity index (χ1n) is 7.66. The Labute approximate surface area is 141 Å². The molecule has 0 aliphatic heterocycles. The summed E-state index contributed by atoms with van der Waals surface area (Å²) in [5, 5.41) is 21.0. The Kier molecular flexibility index (Phi) is 5.88. The van der Waals surface area contributed by atoms with Crippen LogP contribution in [0.4, 0.5) is 5.69 Å². The van der Waals surface area contributed by atoms with E-state index in [1.807, 2.05) is 31.9 Å². The minimum absolute atomic E-state index is 0.0210. The van der Waals surface area contributed by atoms with Crippen LogP contribution in [0.25, 0.3) is 0 Å². The highest BCUT2D eigenvalue weighted by molar-refractivity contribution is 5.42. The zero-order valence-electron chi connectivity index (χ0n) is 14.2. The topological polar surface area (TPSA) is 87.7 Å². The van der Waals surface area contributed by atoms with E-state index in [4.69, 9.17) is 0 Å². The Morgan fingerprint density at radius 3 is 2.62 bits per heavy atom. The van der Waals surface area contributed by atoms with Crippen molar-refractivity contribution in [3.63, 3.8) is 0 Å². The normalized spacial score (nSPS) is 11.4. The maximum absolute atomic E-state index is 11.0. The van der Waals surface area contributed by atoms with E-state index in [2.05, 4.69) is 14.8 Å². The van der Waals surface area contributed by atoms with Crippen molar-refractivity contribution in [1.29, 1.82) is 0 Å². The van der Waals surface area contributed by atoms with Crippen molar-refractivity contribution in [2.24, 2.45) is 7.05 Å². The summed E-state index contributed by atoms with van der Waals surface area (Å²) in [6.07, 6.45) is 3.62. The molecule has 2 rings (SSSR count). The standard InChI is InChI=1S/C16H23N5O3/c1-18(2)8-9-20(12-16-17-6-7-19(16)3)11-13-10-14(21(23)24)4-5-15(13)22/h4-7,10,22H,8-9,11-12H2,1-3H3. The Bertz CT molecular complexity index is 699. The average molecular weight is 333 g/mol. The minimum Gasteiger partial charge on any atom is -0.508 e. The van der Waals surface area contributed by atoms with Crippen LogP contribution >= 0.6 is 0 Å². The van der Waals surface area contributed by atoms with Crippen LogP contribution in [0.3, 0.4) is 0 Å². The van der Waals surface area contributed by atoms with Crippen molar-refractivity contribution >= 4 is 5.69 Å². The van der Waals surface area contributed by atoms with Gasteiger partial charge in [0.25, 0.3) is 5.69 Å². The summed E-state index contributed by atoms with van der Waals surface area (Å²) >= 11 is 0. The van der Waals surface area contributed by atoms with Gasteiger partial charge in [-0.15, -0.1) is 0 Å². The lowest BCUT2D eigenvalue weighted by atomic mass is 10.1. The Hall–Kier alpha value is -2.45. The molecule has 0 saturated carbocycles. The van der Waals surface area contributed by atoms with E-state index in [1.165, 1.54) is 18.2 Å². The summed E-state index contributed by atoms with van der Waals surface area (Å²) in [7, 11) is 5.91. The quantitative estimate of drug-likeness (QED) is 0.583. The molecule has 0 amide bonds. The molecule has 0 atom stereocenters. The number of aromatic hydroxyl groups is 1. The maximum Gasteiger partial charge on any atom is 0.270 e. The molecule has 24 heavy (non-hydrogen) atoms. The number of imidazole rings is 1. The number of aromatic nitrogens is 2. The zero-order chi connectivity index (χ0) is 17.7. The highest BCUT2D eigenvalue weighted by Crippen LogP contribution is 2.24. The number of likely N-dealkylation sites (N-methyl/N-ethyl adjacent to an activating group) is 1. The summed E-state index contributed by atoms with van der Waals surface area (Å²) in [6.45, 7) is 2.59. The average Bonchev–Trinajstić information content (AvgIpc) is 2.91. The molecular weight excluding hydrogens is 310 g/mol. The first-order valence-corrected chi connectivity index (χ1v) is 7.66. The van der Waals surface area contributed by atoms with E-state index >= 15 is 0 Å². The second-order valence-electron chi connectivity index (χ2n) is 6.04. The molecule has 0 bridgehead atoms. The van der Waals surface area contributed by atoms with Crippen LogP contribution in [0.1, 0.15) is 11.4 Å². The van der Waals surface area contributed by atoms with Gasteiger partial charge in [0, 0.05) is 56.8 Å². The third-order valence-corrected chi connectivity index (χ3v) is 3.82. The van der Waals surface area contributed by atoms with Crippen LogP contribution in [0.15, 0.2) is 30.6 Å². The van der Waals surface area contributed by atoms with Crippen LogP contribution < -0.4 is 0 Å². The summed E-state index contributed by atoms with van der Waals surface area (Å²) in [4.78, 5) is 19.0. The lowest BCUT2D eigenvalue weighted by molar-refractivity contribution is -0.385. The lowest BCUT2D eigenvalue weighted by Gasteiger charge is -2.24. The summed E-state index contributed by atoms with van der Waals surface area (Å²) < 4.78 is 1.94. The van der Waals surface area contributed by atoms with Gasteiger partial charge in [-0.1, -0.05) is 0 Å². The number of aryl methyl sites for hydroxylation is 1. The van der Waals surface area contributed by atoms with Gasteiger partial charge in [-0.25, -0.2) is 4.98 Å². The third-order valence-electron chi connectivity index (χ3n) is 3.82. The van der Waals surface area contributed by atoms with Crippen LogP contribution in [-0.2, 0) is 20.1 Å². The van der Waals surface area contributed by atoms with E-state index in [9.17, 15) is 15.2 Å². The molecule has 0 radical (unpaired) electrons. The van der Waals surface area contributed by atoms with Crippen molar-refractivity contribution in [3.05, 3.63) is 52.1 Å². The molecule has 0 aliphatic carbocycles. The van der Waals surface area contributed by atoms with Crippen molar-refractivity contribution < 1.29 is 10.0 Å². The number of hydrogen-bond donors (Lipinski definition) is 1. The molecule has 2 aromatic rings. The summed E-state index contributed by atoms with van der Waals surface area (Å²) in [5.41, 5.74) is 0.518. The fraction of sp³-hybridized carbons (Fsp3) is 0.438. The van der Waals surface area contributed by atoms with Gasteiger partial charge in [0.1, 0.15) is 11.6 Å². The highest BCUT2D eigenvalue weighted by atomic mass is 16.6. The molecule has 1 aromatic heterocycles. The van der Waals surface area contributed by atoms with Gasteiger partial charge in [-0.3, -0.25) is 15.0 Å². The van der Waals surface area contributed by atoms with Crippen LogP contribution in [0.5, 0.6) is 5.75 Å². The monoisotopic (exact) mass is 333 g/mol. The molecule has 8 heteroatoms. The number of nitro benzene ring substituents is 1. The molecule has 8 nitrogen and oxygen atoms in total. The fourth-order valence-electron chi connectivity index (χ4n) is 2.36. The number of nitrogens with zero attached hydrogens (tertiary/aromatic N) is 5. The molecular formula is C16H23N5O3. The Balaban J connectivity index is 2.19. The molecule has 0 saturated heterocycles. The predicted molar refractivity (Wildman–Crippen MR) is 90.6 cm³/mol.